The van der Waals surface area contributed by atoms with Crippen molar-refractivity contribution < 1.29 is 43.0 Å². The van der Waals surface area contributed by atoms with E-state index in [0.717, 1.165) is 203 Å². The molecular weight excluding hydrogens is 1430 g/mol. The third-order valence-electron chi connectivity index (χ3n) is 23.9. The van der Waals surface area contributed by atoms with Crippen LogP contribution in [-0.4, -0.2) is 166 Å². The zero-order chi connectivity index (χ0) is 78.1. The molecule has 0 saturated carbocycles. The lowest BCUT2D eigenvalue weighted by atomic mass is 9.86. The van der Waals surface area contributed by atoms with Crippen LogP contribution in [0.15, 0.2) is 231 Å². The fraction of sp³-hybridized carbons (Fsp3) is 0.347. The molecule has 0 bridgehead atoms. The summed E-state index contributed by atoms with van der Waals surface area (Å²) >= 11 is 0. The maximum Gasteiger partial charge on any atom is 0.265 e. The number of fused-ring (bicyclic) bond motifs is 5. The Morgan fingerprint density at radius 2 is 0.825 bits per heavy atom. The Hall–Kier alpha value is -11.4. The number of piperidine rings is 3. The van der Waals surface area contributed by atoms with Gasteiger partial charge in [-0.05, 0) is 234 Å². The summed E-state index contributed by atoms with van der Waals surface area (Å²) in [6.45, 7) is 13.1. The molecule has 7 heterocycles. The Bertz CT molecular complexity index is 4980. The van der Waals surface area contributed by atoms with Gasteiger partial charge in [-0.2, -0.15) is 0 Å². The summed E-state index contributed by atoms with van der Waals surface area (Å²) in [5.41, 5.74) is 14.6. The van der Waals surface area contributed by atoms with Crippen LogP contribution in [-0.2, 0) is 33.6 Å². The summed E-state index contributed by atoms with van der Waals surface area (Å²) < 4.78 is 16.7. The monoisotopic (exact) mass is 1530 g/mol. The fourth-order valence-corrected chi connectivity index (χ4v) is 17.6. The average Bonchev–Trinajstić information content (AvgIpc) is 1.08. The van der Waals surface area contributed by atoms with Gasteiger partial charge in [-0.25, -0.2) is 0 Å². The van der Waals surface area contributed by atoms with E-state index < -0.39 is 0 Å². The molecular formula is C95H104N10O9. The molecule has 3 saturated heterocycles. The SMILES string of the molecule is CC(CCc1ccccc1)NC(=O)c1ccccc1C1CCN(CCN2C(=O)COc3ccccc32)CC1.O=C(NC1CCc2ccccc21)c1ccccc1C1CCN(CCN2C(=O)COc3ccccc32)CC1.O=C(NCCc1c[nH]c2ccccc12)c1ccccc1C1CCN(CCN2C(=O)COc3ccccc32)CC1. The van der Waals surface area contributed by atoms with Crippen molar-refractivity contribution in [2.75, 3.05) is 120 Å². The van der Waals surface area contributed by atoms with E-state index in [4.69, 9.17) is 14.2 Å². The van der Waals surface area contributed by atoms with Crippen molar-refractivity contribution in [2.45, 2.75) is 107 Å². The first-order chi connectivity index (χ1) is 55.9. The Morgan fingerprint density at radius 3 is 1.32 bits per heavy atom. The number of anilines is 3. The molecule has 17 rings (SSSR count). The third-order valence-corrected chi connectivity index (χ3v) is 23.9. The number of carbonyl (C=O) groups excluding carboxylic acids is 6. The summed E-state index contributed by atoms with van der Waals surface area (Å²) in [5.74, 6) is 3.47. The predicted octanol–water partition coefficient (Wildman–Crippen LogP) is 14.5. The molecule has 3 fully saturated rings. The number of aryl methyl sites for hydroxylation is 2. The average molecular weight is 1530 g/mol. The van der Waals surface area contributed by atoms with E-state index in [2.05, 4.69) is 121 Å². The third kappa shape index (κ3) is 18.9. The Kier molecular flexibility index (Phi) is 25.6. The van der Waals surface area contributed by atoms with Crippen LogP contribution in [0.1, 0.15) is 152 Å². The molecule has 7 aliphatic rings. The number of benzene rings is 9. The molecule has 6 aliphatic heterocycles. The summed E-state index contributed by atoms with van der Waals surface area (Å²) in [7, 11) is 0. The molecule has 1 aliphatic carbocycles. The minimum absolute atomic E-state index is 0.00244. The fourth-order valence-electron chi connectivity index (χ4n) is 17.6. The van der Waals surface area contributed by atoms with E-state index >= 15 is 0 Å². The first-order valence-electron chi connectivity index (χ1n) is 41.0. The molecule has 2 unspecified atom stereocenters. The van der Waals surface area contributed by atoms with Gasteiger partial charge < -0.3 is 64.5 Å². The van der Waals surface area contributed by atoms with Crippen LogP contribution in [0, 0.1) is 0 Å². The van der Waals surface area contributed by atoms with E-state index in [1.165, 1.54) is 27.6 Å². The summed E-state index contributed by atoms with van der Waals surface area (Å²) in [4.78, 5) is 93.5. The number of hydrogen-bond acceptors (Lipinski definition) is 12. The first-order valence-corrected chi connectivity index (χ1v) is 41.0. The van der Waals surface area contributed by atoms with Crippen molar-refractivity contribution in [1.29, 1.82) is 0 Å². The number of likely N-dealkylation sites (tertiary alicyclic amines) is 3. The summed E-state index contributed by atoms with van der Waals surface area (Å²) in [6, 6.07) is 74.7. The minimum atomic E-state index is -0.00244. The zero-order valence-electron chi connectivity index (χ0n) is 65.3. The first kappa shape index (κ1) is 77.9. The van der Waals surface area contributed by atoms with Gasteiger partial charge in [0.15, 0.2) is 19.8 Å². The highest BCUT2D eigenvalue weighted by Gasteiger charge is 2.34. The van der Waals surface area contributed by atoms with Gasteiger partial charge >= 0.3 is 0 Å². The smallest absolute Gasteiger partial charge is 0.265 e. The summed E-state index contributed by atoms with van der Waals surface area (Å²) in [5, 5.41) is 10.9. The largest absolute Gasteiger partial charge is 0.482 e. The van der Waals surface area contributed by atoms with Gasteiger partial charge in [0.2, 0.25) is 0 Å². The van der Waals surface area contributed by atoms with Crippen LogP contribution in [0.3, 0.4) is 0 Å². The molecule has 4 N–H and O–H groups in total. The van der Waals surface area contributed by atoms with Crippen molar-refractivity contribution in [3.05, 3.63) is 286 Å². The number of para-hydroxylation sites is 7. The number of rotatable bonds is 23. The molecule has 10 aromatic rings. The highest BCUT2D eigenvalue weighted by molar-refractivity contribution is 6.00. The van der Waals surface area contributed by atoms with E-state index in [1.54, 1.807) is 0 Å². The van der Waals surface area contributed by atoms with Gasteiger partial charge in [-0.3, -0.25) is 28.8 Å². The van der Waals surface area contributed by atoms with Crippen molar-refractivity contribution in [3.8, 4) is 17.2 Å². The molecule has 0 spiro atoms. The van der Waals surface area contributed by atoms with Gasteiger partial charge in [0.1, 0.15) is 17.2 Å². The Balaban J connectivity index is 0.000000135. The van der Waals surface area contributed by atoms with Crippen LogP contribution in [0.2, 0.25) is 0 Å². The Labute approximate surface area is 669 Å². The second kappa shape index (κ2) is 37.5. The zero-order valence-corrected chi connectivity index (χ0v) is 65.3. The number of aromatic amines is 1. The molecule has 19 heteroatoms. The molecule has 19 nitrogen and oxygen atoms in total. The van der Waals surface area contributed by atoms with Crippen LogP contribution in [0.25, 0.3) is 10.9 Å². The van der Waals surface area contributed by atoms with Gasteiger partial charge in [0.25, 0.3) is 35.4 Å². The number of H-pyrrole nitrogens is 1. The molecule has 588 valence electrons. The van der Waals surface area contributed by atoms with E-state index in [0.29, 0.717) is 43.9 Å². The number of nitrogens with one attached hydrogen (secondary N) is 4. The molecule has 114 heavy (non-hydrogen) atoms. The van der Waals surface area contributed by atoms with Gasteiger partial charge in [0.05, 0.1) is 23.1 Å². The number of hydrogen-bond donors (Lipinski definition) is 4. The standard InChI is InChI=1S/C32H34N4O3.C32H37N3O3.C31H33N3O3/c37-31-22-39-30-12-6-5-11-29(30)36(31)20-19-35-17-14-23(15-18-35)25-7-1-2-9-27(25)32(38)33-16-13-24-21-34-28-10-4-3-8-26(24)28;1-24(15-16-25-9-3-2-4-10-25)33-32(37)28-12-6-5-11-27(28)26-17-19-34(20-18-26)21-22-35-29-13-7-8-14-30(29)38-23-31(35)36;35-30-21-37-29-12-6-5-11-28(29)34(30)20-19-33-17-15-23(16-18-33)24-8-3-4-10-26(24)31(36)32-27-14-13-22-7-1-2-9-25(22)27/h1-12,21,23,34H,13-20,22H2,(H,33,38);2-14,24,26H,15-23H2,1H3,(H,33,37);1-12,23,27H,13-21H2,(H,32,36). The van der Waals surface area contributed by atoms with Crippen LogP contribution >= 0.6 is 0 Å². The highest BCUT2D eigenvalue weighted by Crippen LogP contribution is 2.39. The number of ether oxygens (including phenoxy) is 3. The van der Waals surface area contributed by atoms with E-state index in [9.17, 15) is 28.8 Å². The lowest BCUT2D eigenvalue weighted by Gasteiger charge is -2.35. The van der Waals surface area contributed by atoms with E-state index in [-0.39, 0.29) is 67.3 Å². The predicted molar refractivity (Wildman–Crippen MR) is 448 cm³/mol. The Morgan fingerprint density at radius 1 is 0.421 bits per heavy atom. The van der Waals surface area contributed by atoms with Crippen LogP contribution in [0.4, 0.5) is 17.1 Å². The van der Waals surface area contributed by atoms with Crippen LogP contribution < -0.4 is 44.9 Å². The molecule has 9 aromatic carbocycles. The lowest BCUT2D eigenvalue weighted by Crippen LogP contribution is -2.45. The van der Waals surface area contributed by atoms with Gasteiger partial charge in [-0.1, -0.05) is 164 Å². The van der Waals surface area contributed by atoms with Crippen molar-refractivity contribution in [3.63, 3.8) is 0 Å². The summed E-state index contributed by atoms with van der Waals surface area (Å²) in [6.07, 6.45) is 12.7. The van der Waals surface area contributed by atoms with E-state index in [1.807, 2.05) is 166 Å². The topological polar surface area (TPSA) is 201 Å². The number of amides is 6. The lowest BCUT2D eigenvalue weighted by molar-refractivity contribution is -0.122. The highest BCUT2D eigenvalue weighted by atomic mass is 16.5. The van der Waals surface area contributed by atoms with Crippen molar-refractivity contribution in [1.82, 2.24) is 35.6 Å². The molecule has 6 amide bonds. The van der Waals surface area contributed by atoms with Gasteiger partial charge in [-0.15, -0.1) is 0 Å². The normalized spacial score (nSPS) is 17.6. The molecule has 1 aromatic heterocycles. The molecule has 0 radical (unpaired) electrons. The van der Waals surface area contributed by atoms with Crippen molar-refractivity contribution in [2.24, 2.45) is 0 Å². The maximum absolute atomic E-state index is 13.4. The van der Waals surface area contributed by atoms with Crippen LogP contribution in [0.5, 0.6) is 17.2 Å². The number of nitrogens with zero attached hydrogens (tertiary/aromatic N) is 6. The maximum atomic E-state index is 13.4. The second-order valence-corrected chi connectivity index (χ2v) is 31.0. The quantitative estimate of drug-likeness (QED) is 0.0473. The van der Waals surface area contributed by atoms with Gasteiger partial charge in [0, 0.05) is 85.6 Å². The number of aromatic nitrogens is 1. The second-order valence-electron chi connectivity index (χ2n) is 31.0. The van der Waals surface area contributed by atoms with Crippen molar-refractivity contribution >= 4 is 63.4 Å². The minimum Gasteiger partial charge on any atom is -0.482 e. The molecule has 2 atom stereocenters. The number of carbonyl (C=O) groups is 6.